The predicted octanol–water partition coefficient (Wildman–Crippen LogP) is 3.31. The van der Waals surface area contributed by atoms with Gasteiger partial charge >= 0.3 is 0 Å². The van der Waals surface area contributed by atoms with Gasteiger partial charge < -0.3 is 10.6 Å². The van der Waals surface area contributed by atoms with Crippen LogP contribution in [0.2, 0.25) is 5.02 Å². The standard InChI is InChI=1S/C18H26ClF3N4/c1-2-23-18(24-8-5-13-3-4-14(20)11-16(13)19)25-15-6-9-26(10-7-15)12-17(21)22/h3-4,11,15,17H,2,5-10,12H2,1H3,(H2,23,24,25). The molecule has 0 bridgehead atoms. The second-order valence-corrected chi connectivity index (χ2v) is 6.76. The van der Waals surface area contributed by atoms with Gasteiger partial charge in [0.1, 0.15) is 5.82 Å². The molecular formula is C18H26ClF3N4. The van der Waals surface area contributed by atoms with Crippen LogP contribution in [-0.2, 0) is 6.42 Å². The Kier molecular flexibility index (Phi) is 8.51. The third kappa shape index (κ3) is 7.03. The summed E-state index contributed by atoms with van der Waals surface area (Å²) in [6, 6.07) is 4.58. The number of rotatable bonds is 7. The Bertz CT molecular complexity index is 590. The van der Waals surface area contributed by atoms with E-state index in [0.717, 1.165) is 24.9 Å². The van der Waals surface area contributed by atoms with E-state index in [1.165, 1.54) is 12.1 Å². The van der Waals surface area contributed by atoms with Crippen molar-refractivity contribution >= 4 is 17.6 Å². The van der Waals surface area contributed by atoms with E-state index < -0.39 is 6.43 Å². The number of hydrogen-bond donors (Lipinski definition) is 2. The minimum absolute atomic E-state index is 0.153. The molecule has 26 heavy (non-hydrogen) atoms. The number of benzene rings is 1. The van der Waals surface area contributed by atoms with Crippen molar-refractivity contribution in [3.05, 3.63) is 34.6 Å². The van der Waals surface area contributed by atoms with Gasteiger partial charge in [-0.3, -0.25) is 9.89 Å². The van der Waals surface area contributed by atoms with Gasteiger partial charge in [-0.25, -0.2) is 13.2 Å². The van der Waals surface area contributed by atoms with Crippen LogP contribution < -0.4 is 10.6 Å². The molecule has 1 aliphatic rings. The molecular weight excluding hydrogens is 365 g/mol. The second kappa shape index (κ2) is 10.6. The average molecular weight is 391 g/mol. The van der Waals surface area contributed by atoms with Gasteiger partial charge in [0.2, 0.25) is 0 Å². The lowest BCUT2D eigenvalue weighted by Gasteiger charge is -2.32. The largest absolute Gasteiger partial charge is 0.357 e. The van der Waals surface area contributed by atoms with E-state index in [1.54, 1.807) is 11.0 Å². The monoisotopic (exact) mass is 390 g/mol. The number of halogens is 4. The first kappa shape index (κ1) is 20.8. The molecule has 146 valence electrons. The first-order valence-electron chi connectivity index (χ1n) is 8.97. The van der Waals surface area contributed by atoms with Gasteiger partial charge in [-0.1, -0.05) is 17.7 Å². The molecule has 1 fully saturated rings. The first-order chi connectivity index (χ1) is 12.5. The van der Waals surface area contributed by atoms with E-state index in [9.17, 15) is 13.2 Å². The van der Waals surface area contributed by atoms with Crippen LogP contribution in [0.3, 0.4) is 0 Å². The highest BCUT2D eigenvalue weighted by Gasteiger charge is 2.21. The summed E-state index contributed by atoms with van der Waals surface area (Å²) in [5, 5.41) is 6.98. The van der Waals surface area contributed by atoms with Crippen molar-refractivity contribution in [2.75, 3.05) is 32.7 Å². The molecule has 1 aromatic rings. The van der Waals surface area contributed by atoms with Gasteiger partial charge in [0, 0.05) is 37.2 Å². The van der Waals surface area contributed by atoms with Crippen molar-refractivity contribution in [3.8, 4) is 0 Å². The van der Waals surface area contributed by atoms with Crippen LogP contribution in [0, 0.1) is 5.82 Å². The maximum absolute atomic E-state index is 13.1. The van der Waals surface area contributed by atoms with Gasteiger partial charge in [0.15, 0.2) is 5.96 Å². The highest BCUT2D eigenvalue weighted by molar-refractivity contribution is 6.31. The molecule has 1 saturated heterocycles. The number of guanidine groups is 1. The predicted molar refractivity (Wildman–Crippen MR) is 99.7 cm³/mol. The summed E-state index contributed by atoms with van der Waals surface area (Å²) in [7, 11) is 0. The van der Waals surface area contributed by atoms with E-state index in [1.807, 2.05) is 6.92 Å². The van der Waals surface area contributed by atoms with Crippen molar-refractivity contribution < 1.29 is 13.2 Å². The molecule has 1 aliphatic heterocycles. The van der Waals surface area contributed by atoms with E-state index in [4.69, 9.17) is 11.6 Å². The number of hydrogen-bond acceptors (Lipinski definition) is 2. The van der Waals surface area contributed by atoms with Crippen molar-refractivity contribution in [1.29, 1.82) is 0 Å². The molecule has 0 unspecified atom stereocenters. The van der Waals surface area contributed by atoms with E-state index in [0.29, 0.717) is 37.0 Å². The Morgan fingerprint density at radius 2 is 2.08 bits per heavy atom. The third-order valence-corrected chi connectivity index (χ3v) is 4.69. The molecule has 0 aliphatic carbocycles. The van der Waals surface area contributed by atoms with Crippen LogP contribution in [-0.4, -0.2) is 56.1 Å². The van der Waals surface area contributed by atoms with Gasteiger partial charge in [0.05, 0.1) is 6.54 Å². The third-order valence-electron chi connectivity index (χ3n) is 4.34. The number of likely N-dealkylation sites (tertiary alicyclic amines) is 1. The molecule has 8 heteroatoms. The fourth-order valence-electron chi connectivity index (χ4n) is 2.98. The Morgan fingerprint density at radius 3 is 2.69 bits per heavy atom. The highest BCUT2D eigenvalue weighted by atomic mass is 35.5. The zero-order valence-electron chi connectivity index (χ0n) is 14.9. The Hall–Kier alpha value is -1.47. The normalized spacial score (nSPS) is 16.9. The first-order valence-corrected chi connectivity index (χ1v) is 9.35. The molecule has 1 heterocycles. The fourth-order valence-corrected chi connectivity index (χ4v) is 3.24. The summed E-state index contributed by atoms with van der Waals surface area (Å²) in [6.07, 6.45) is -0.0543. The summed E-state index contributed by atoms with van der Waals surface area (Å²) in [6.45, 7) is 4.40. The molecule has 2 rings (SSSR count). The van der Waals surface area contributed by atoms with Crippen molar-refractivity contribution in [3.63, 3.8) is 0 Å². The van der Waals surface area contributed by atoms with E-state index in [-0.39, 0.29) is 18.4 Å². The SMILES string of the molecule is CCNC(=NCCc1ccc(F)cc1Cl)NC1CCN(CC(F)F)CC1. The van der Waals surface area contributed by atoms with Crippen LogP contribution in [0.25, 0.3) is 0 Å². The average Bonchev–Trinajstić information content (AvgIpc) is 2.58. The molecule has 2 N–H and O–H groups in total. The van der Waals surface area contributed by atoms with Gasteiger partial charge in [-0.05, 0) is 43.9 Å². The fraction of sp³-hybridized carbons (Fsp3) is 0.611. The van der Waals surface area contributed by atoms with Gasteiger partial charge in [-0.15, -0.1) is 0 Å². The minimum Gasteiger partial charge on any atom is -0.357 e. The summed E-state index contributed by atoms with van der Waals surface area (Å²) < 4.78 is 38.0. The molecule has 4 nitrogen and oxygen atoms in total. The van der Waals surface area contributed by atoms with Gasteiger partial charge in [-0.2, -0.15) is 0 Å². The van der Waals surface area contributed by atoms with Crippen LogP contribution >= 0.6 is 11.6 Å². The quantitative estimate of drug-likeness (QED) is 0.554. The zero-order chi connectivity index (χ0) is 18.9. The number of aliphatic imine (C=N–C) groups is 1. The van der Waals surface area contributed by atoms with Crippen molar-refractivity contribution in [2.45, 2.75) is 38.7 Å². The lowest BCUT2D eigenvalue weighted by Crippen LogP contribution is -2.49. The van der Waals surface area contributed by atoms with Gasteiger partial charge in [0.25, 0.3) is 6.43 Å². The summed E-state index contributed by atoms with van der Waals surface area (Å²) >= 11 is 6.03. The molecule has 0 saturated carbocycles. The van der Waals surface area contributed by atoms with Crippen LogP contribution in [0.1, 0.15) is 25.3 Å². The Morgan fingerprint density at radius 1 is 1.35 bits per heavy atom. The number of nitrogens with zero attached hydrogens (tertiary/aromatic N) is 2. The molecule has 0 spiro atoms. The molecule has 0 amide bonds. The summed E-state index contributed by atoms with van der Waals surface area (Å²) in [5.41, 5.74) is 0.855. The zero-order valence-corrected chi connectivity index (χ0v) is 15.7. The number of nitrogens with one attached hydrogen (secondary N) is 2. The molecule has 0 radical (unpaired) electrons. The molecule has 0 aromatic heterocycles. The minimum atomic E-state index is -2.28. The summed E-state index contributed by atoms with van der Waals surface area (Å²) in [5.74, 6) is 0.355. The molecule has 1 aromatic carbocycles. The number of alkyl halides is 2. The van der Waals surface area contributed by atoms with Crippen LogP contribution in [0.15, 0.2) is 23.2 Å². The maximum atomic E-state index is 13.1. The highest BCUT2D eigenvalue weighted by Crippen LogP contribution is 2.17. The lowest BCUT2D eigenvalue weighted by molar-refractivity contribution is 0.0744. The maximum Gasteiger partial charge on any atom is 0.251 e. The van der Waals surface area contributed by atoms with Crippen molar-refractivity contribution in [2.24, 2.45) is 4.99 Å². The lowest BCUT2D eigenvalue weighted by atomic mass is 10.1. The Balaban J connectivity index is 1.83. The Labute approximate surface area is 157 Å². The smallest absolute Gasteiger partial charge is 0.251 e. The van der Waals surface area contributed by atoms with E-state index >= 15 is 0 Å². The van der Waals surface area contributed by atoms with Crippen molar-refractivity contribution in [1.82, 2.24) is 15.5 Å². The summed E-state index contributed by atoms with van der Waals surface area (Å²) in [4.78, 5) is 6.34. The van der Waals surface area contributed by atoms with E-state index in [2.05, 4.69) is 15.6 Å². The number of piperidine rings is 1. The van der Waals surface area contributed by atoms with Crippen LogP contribution in [0.5, 0.6) is 0 Å². The second-order valence-electron chi connectivity index (χ2n) is 6.36. The molecule has 0 atom stereocenters. The van der Waals surface area contributed by atoms with Crippen LogP contribution in [0.4, 0.5) is 13.2 Å². The topological polar surface area (TPSA) is 39.7 Å².